The van der Waals surface area contributed by atoms with E-state index in [0.29, 0.717) is 16.9 Å². The summed E-state index contributed by atoms with van der Waals surface area (Å²) in [5.41, 5.74) is 9.18. The predicted octanol–water partition coefficient (Wildman–Crippen LogP) is 3.07. The molecule has 0 heterocycles. The maximum Gasteiger partial charge on any atom is 0.338 e. The molecular formula is C18H20N2O3. The van der Waals surface area contributed by atoms with Crippen molar-refractivity contribution in [1.29, 1.82) is 0 Å². The molecule has 0 radical (unpaired) electrons. The average molecular weight is 312 g/mol. The topological polar surface area (TPSA) is 81.4 Å². The summed E-state index contributed by atoms with van der Waals surface area (Å²) in [5, 5.41) is 2.78. The van der Waals surface area contributed by atoms with Gasteiger partial charge in [-0.1, -0.05) is 18.2 Å². The van der Waals surface area contributed by atoms with Crippen molar-refractivity contribution in [2.45, 2.75) is 26.9 Å². The molecule has 1 amide bonds. The normalized spacial score (nSPS) is 11.6. The van der Waals surface area contributed by atoms with Gasteiger partial charge in [0.25, 0.3) is 5.91 Å². The zero-order valence-corrected chi connectivity index (χ0v) is 13.4. The van der Waals surface area contributed by atoms with E-state index in [4.69, 9.17) is 10.5 Å². The van der Waals surface area contributed by atoms with E-state index in [1.54, 1.807) is 18.2 Å². The van der Waals surface area contributed by atoms with Crippen LogP contribution in [0, 0.1) is 13.8 Å². The molecule has 5 heteroatoms. The van der Waals surface area contributed by atoms with Gasteiger partial charge >= 0.3 is 5.97 Å². The lowest BCUT2D eigenvalue weighted by Crippen LogP contribution is -2.30. The first-order valence-corrected chi connectivity index (χ1v) is 7.32. The van der Waals surface area contributed by atoms with E-state index >= 15 is 0 Å². The van der Waals surface area contributed by atoms with E-state index in [2.05, 4.69) is 5.32 Å². The van der Waals surface area contributed by atoms with Crippen LogP contribution in [0.25, 0.3) is 0 Å². The monoisotopic (exact) mass is 312 g/mol. The Morgan fingerprint density at radius 2 is 1.83 bits per heavy atom. The minimum absolute atomic E-state index is 0.316. The molecule has 0 aliphatic rings. The number of hydrogen-bond acceptors (Lipinski definition) is 4. The summed E-state index contributed by atoms with van der Waals surface area (Å²) in [6.45, 7) is 5.42. The zero-order valence-electron chi connectivity index (χ0n) is 13.4. The van der Waals surface area contributed by atoms with Crippen molar-refractivity contribution in [3.8, 4) is 0 Å². The molecule has 3 N–H and O–H groups in total. The van der Waals surface area contributed by atoms with Crippen LogP contribution >= 0.6 is 0 Å². The molecule has 0 fully saturated rings. The molecule has 0 bridgehead atoms. The van der Waals surface area contributed by atoms with Crippen LogP contribution in [0.4, 0.5) is 11.4 Å². The number of nitrogens with two attached hydrogens (primary N) is 1. The minimum atomic E-state index is -0.913. The zero-order chi connectivity index (χ0) is 17.0. The first kappa shape index (κ1) is 16.5. The van der Waals surface area contributed by atoms with E-state index in [-0.39, 0.29) is 5.91 Å². The van der Waals surface area contributed by atoms with Gasteiger partial charge in [-0.3, -0.25) is 4.79 Å². The third-order valence-corrected chi connectivity index (χ3v) is 3.64. The summed E-state index contributed by atoms with van der Waals surface area (Å²) < 4.78 is 5.19. The Bertz CT molecular complexity index is 741. The molecule has 0 aliphatic carbocycles. The first-order chi connectivity index (χ1) is 10.9. The standard InChI is InChI=1S/C18H20N2O3/c1-11-6-4-9-16(12(11)2)20-17(21)13(3)23-18(22)14-7-5-8-15(19)10-14/h4-10,13H,19H2,1-3H3,(H,20,21). The fraction of sp³-hybridized carbons (Fsp3) is 0.222. The van der Waals surface area contributed by atoms with Crippen molar-refractivity contribution in [2.24, 2.45) is 0 Å². The van der Waals surface area contributed by atoms with Crippen LogP contribution in [0.2, 0.25) is 0 Å². The molecule has 0 aliphatic heterocycles. The minimum Gasteiger partial charge on any atom is -0.449 e. The van der Waals surface area contributed by atoms with Crippen LogP contribution in [0.3, 0.4) is 0 Å². The van der Waals surface area contributed by atoms with Gasteiger partial charge in [0.05, 0.1) is 5.56 Å². The summed E-state index contributed by atoms with van der Waals surface area (Å²) in [6, 6.07) is 12.1. The summed E-state index contributed by atoms with van der Waals surface area (Å²) >= 11 is 0. The highest BCUT2D eigenvalue weighted by Crippen LogP contribution is 2.18. The van der Waals surface area contributed by atoms with Crippen LogP contribution < -0.4 is 11.1 Å². The van der Waals surface area contributed by atoms with Gasteiger partial charge in [0.1, 0.15) is 0 Å². The van der Waals surface area contributed by atoms with Gasteiger partial charge in [-0.15, -0.1) is 0 Å². The number of nitrogens with one attached hydrogen (secondary N) is 1. The number of benzene rings is 2. The molecule has 1 unspecified atom stereocenters. The molecule has 1 atom stereocenters. The summed E-state index contributed by atoms with van der Waals surface area (Å²) in [6.07, 6.45) is -0.913. The Morgan fingerprint density at radius 1 is 1.13 bits per heavy atom. The van der Waals surface area contributed by atoms with Gasteiger partial charge in [-0.05, 0) is 56.2 Å². The lowest BCUT2D eigenvalue weighted by Gasteiger charge is -2.15. The third-order valence-electron chi connectivity index (χ3n) is 3.64. The molecule has 120 valence electrons. The Kier molecular flexibility index (Phi) is 5.01. The van der Waals surface area contributed by atoms with Crippen molar-refractivity contribution < 1.29 is 14.3 Å². The highest BCUT2D eigenvalue weighted by atomic mass is 16.5. The van der Waals surface area contributed by atoms with E-state index in [0.717, 1.165) is 11.1 Å². The maximum absolute atomic E-state index is 12.2. The lowest BCUT2D eigenvalue weighted by atomic mass is 10.1. The van der Waals surface area contributed by atoms with Crippen molar-refractivity contribution in [1.82, 2.24) is 0 Å². The Balaban J connectivity index is 2.02. The third kappa shape index (κ3) is 4.10. The fourth-order valence-electron chi connectivity index (χ4n) is 2.07. The number of carbonyl (C=O) groups excluding carboxylic acids is 2. The van der Waals surface area contributed by atoms with Crippen LogP contribution in [-0.4, -0.2) is 18.0 Å². The molecule has 5 nitrogen and oxygen atoms in total. The van der Waals surface area contributed by atoms with Gasteiger partial charge in [-0.2, -0.15) is 0 Å². The second kappa shape index (κ2) is 6.96. The SMILES string of the molecule is Cc1cccc(NC(=O)C(C)OC(=O)c2cccc(N)c2)c1C. The second-order valence-corrected chi connectivity index (χ2v) is 5.41. The highest BCUT2D eigenvalue weighted by molar-refractivity contribution is 5.98. The largest absolute Gasteiger partial charge is 0.449 e. The van der Waals surface area contributed by atoms with Crippen LogP contribution in [-0.2, 0) is 9.53 Å². The van der Waals surface area contributed by atoms with Crippen LogP contribution in [0.1, 0.15) is 28.4 Å². The molecule has 2 aromatic carbocycles. The van der Waals surface area contributed by atoms with E-state index < -0.39 is 12.1 Å². The lowest BCUT2D eigenvalue weighted by molar-refractivity contribution is -0.123. The predicted molar refractivity (Wildman–Crippen MR) is 90.3 cm³/mol. The first-order valence-electron chi connectivity index (χ1n) is 7.32. The molecule has 0 saturated heterocycles. The smallest absolute Gasteiger partial charge is 0.338 e. The van der Waals surface area contributed by atoms with Crippen molar-refractivity contribution >= 4 is 23.3 Å². The molecule has 0 spiro atoms. The second-order valence-electron chi connectivity index (χ2n) is 5.41. The fourth-order valence-corrected chi connectivity index (χ4v) is 2.07. The molecule has 2 aromatic rings. The van der Waals surface area contributed by atoms with Gasteiger partial charge in [-0.25, -0.2) is 4.79 Å². The molecular weight excluding hydrogens is 292 g/mol. The number of esters is 1. The summed E-state index contributed by atoms with van der Waals surface area (Å²) in [5.74, 6) is -0.961. The van der Waals surface area contributed by atoms with Gasteiger partial charge in [0.2, 0.25) is 0 Å². The quantitative estimate of drug-likeness (QED) is 0.671. The number of nitrogen functional groups attached to an aromatic ring is 1. The number of hydrogen-bond donors (Lipinski definition) is 2. The van der Waals surface area contributed by atoms with Gasteiger partial charge < -0.3 is 15.8 Å². The van der Waals surface area contributed by atoms with Crippen LogP contribution in [0.5, 0.6) is 0 Å². The summed E-state index contributed by atoms with van der Waals surface area (Å²) in [4.78, 5) is 24.2. The van der Waals surface area contributed by atoms with Crippen LogP contribution in [0.15, 0.2) is 42.5 Å². The Labute approximate surface area is 135 Å². The summed E-state index contributed by atoms with van der Waals surface area (Å²) in [7, 11) is 0. The highest BCUT2D eigenvalue weighted by Gasteiger charge is 2.19. The van der Waals surface area contributed by atoms with Gasteiger partial charge in [0, 0.05) is 11.4 Å². The molecule has 23 heavy (non-hydrogen) atoms. The Morgan fingerprint density at radius 3 is 2.52 bits per heavy atom. The number of rotatable bonds is 4. The van der Waals surface area contributed by atoms with E-state index in [9.17, 15) is 9.59 Å². The van der Waals surface area contributed by atoms with Gasteiger partial charge in [0.15, 0.2) is 6.10 Å². The molecule has 0 aromatic heterocycles. The van der Waals surface area contributed by atoms with E-state index in [1.807, 2.05) is 32.0 Å². The maximum atomic E-state index is 12.2. The van der Waals surface area contributed by atoms with Crippen molar-refractivity contribution in [3.05, 3.63) is 59.2 Å². The van der Waals surface area contributed by atoms with E-state index in [1.165, 1.54) is 13.0 Å². The number of ether oxygens (including phenoxy) is 1. The Hall–Kier alpha value is -2.82. The molecule has 2 rings (SSSR count). The van der Waals surface area contributed by atoms with Crippen molar-refractivity contribution in [2.75, 3.05) is 11.1 Å². The number of aryl methyl sites for hydroxylation is 1. The number of amides is 1. The number of carbonyl (C=O) groups is 2. The number of anilines is 2. The molecule has 0 saturated carbocycles. The van der Waals surface area contributed by atoms with Crippen molar-refractivity contribution in [3.63, 3.8) is 0 Å². The average Bonchev–Trinajstić information content (AvgIpc) is 2.51.